The van der Waals surface area contributed by atoms with Crippen LogP contribution >= 0.6 is 23.2 Å². The Morgan fingerprint density at radius 1 is 1.29 bits per heavy atom. The minimum atomic E-state index is -0.168. The molecule has 0 N–H and O–H groups in total. The molecule has 5 heteroatoms. The average molecular weight is 320 g/mol. The normalized spacial score (nSPS) is 12.8. The van der Waals surface area contributed by atoms with Gasteiger partial charge in [0.2, 0.25) is 0 Å². The standard InChI is InChI=1S/C16H15Cl2N3/c1-10-8-19-6-5-12(10)9-21-15-4-3-13(18)7-14(15)20-16(21)11(2)17/h3-8,11H,9H2,1-2H3. The van der Waals surface area contributed by atoms with Gasteiger partial charge < -0.3 is 4.57 Å². The van der Waals surface area contributed by atoms with Crippen molar-refractivity contribution in [2.75, 3.05) is 0 Å². The highest BCUT2D eigenvalue weighted by Crippen LogP contribution is 2.27. The molecule has 3 rings (SSSR count). The van der Waals surface area contributed by atoms with Gasteiger partial charge in [-0.2, -0.15) is 0 Å². The summed E-state index contributed by atoms with van der Waals surface area (Å²) in [6.07, 6.45) is 3.68. The summed E-state index contributed by atoms with van der Waals surface area (Å²) in [6.45, 7) is 4.71. The van der Waals surface area contributed by atoms with E-state index in [1.54, 1.807) is 0 Å². The third-order valence-electron chi connectivity index (χ3n) is 3.56. The Hall–Kier alpha value is -1.58. The average Bonchev–Trinajstić information content (AvgIpc) is 2.79. The predicted molar refractivity (Wildman–Crippen MR) is 87.1 cm³/mol. The number of imidazole rings is 1. The van der Waals surface area contributed by atoms with Crippen molar-refractivity contribution in [3.05, 3.63) is 58.6 Å². The van der Waals surface area contributed by atoms with Crippen molar-refractivity contribution in [2.45, 2.75) is 25.8 Å². The number of fused-ring (bicyclic) bond motifs is 1. The van der Waals surface area contributed by atoms with Gasteiger partial charge in [-0.15, -0.1) is 11.6 Å². The quantitative estimate of drug-likeness (QED) is 0.653. The van der Waals surface area contributed by atoms with Crippen molar-refractivity contribution in [3.63, 3.8) is 0 Å². The van der Waals surface area contributed by atoms with E-state index in [9.17, 15) is 0 Å². The lowest BCUT2D eigenvalue weighted by Crippen LogP contribution is -2.07. The monoisotopic (exact) mass is 319 g/mol. The van der Waals surface area contributed by atoms with E-state index < -0.39 is 0 Å². The first kappa shape index (κ1) is 14.4. The van der Waals surface area contributed by atoms with Crippen LogP contribution in [-0.2, 0) is 6.54 Å². The Bertz CT molecular complexity index is 793. The van der Waals surface area contributed by atoms with Crippen LogP contribution in [-0.4, -0.2) is 14.5 Å². The van der Waals surface area contributed by atoms with Crippen molar-refractivity contribution < 1.29 is 0 Å². The van der Waals surface area contributed by atoms with Gasteiger partial charge in [-0.1, -0.05) is 11.6 Å². The number of benzene rings is 1. The first-order valence-corrected chi connectivity index (χ1v) is 7.57. The van der Waals surface area contributed by atoms with Crippen molar-refractivity contribution in [1.82, 2.24) is 14.5 Å². The molecule has 2 heterocycles. The number of aromatic nitrogens is 3. The molecule has 0 bridgehead atoms. The Morgan fingerprint density at radius 2 is 2.10 bits per heavy atom. The second-order valence-electron chi connectivity index (χ2n) is 5.11. The molecular formula is C16H15Cl2N3. The van der Waals surface area contributed by atoms with Crippen LogP contribution in [0.25, 0.3) is 11.0 Å². The van der Waals surface area contributed by atoms with Gasteiger partial charge in [0.05, 0.1) is 16.4 Å². The van der Waals surface area contributed by atoms with E-state index in [-0.39, 0.29) is 5.38 Å². The van der Waals surface area contributed by atoms with Gasteiger partial charge in [-0.25, -0.2) is 4.98 Å². The van der Waals surface area contributed by atoms with Crippen LogP contribution in [0, 0.1) is 6.92 Å². The van der Waals surface area contributed by atoms with E-state index in [4.69, 9.17) is 23.2 Å². The van der Waals surface area contributed by atoms with Gasteiger partial charge in [0.15, 0.2) is 0 Å². The molecular weight excluding hydrogens is 305 g/mol. The maximum Gasteiger partial charge on any atom is 0.128 e. The Balaban J connectivity index is 2.16. The Morgan fingerprint density at radius 3 is 2.81 bits per heavy atom. The zero-order chi connectivity index (χ0) is 15.0. The smallest absolute Gasteiger partial charge is 0.128 e. The zero-order valence-electron chi connectivity index (χ0n) is 11.8. The number of alkyl halides is 1. The molecule has 0 saturated heterocycles. The summed E-state index contributed by atoms with van der Waals surface area (Å²) in [5.41, 5.74) is 4.27. The second kappa shape index (κ2) is 5.66. The predicted octanol–water partition coefficient (Wildman–Crippen LogP) is 4.74. The maximum absolute atomic E-state index is 6.30. The molecule has 1 unspecified atom stereocenters. The summed E-state index contributed by atoms with van der Waals surface area (Å²) in [7, 11) is 0. The first-order valence-electron chi connectivity index (χ1n) is 6.75. The molecule has 0 spiro atoms. The third kappa shape index (κ3) is 2.76. The topological polar surface area (TPSA) is 30.7 Å². The van der Waals surface area contributed by atoms with Crippen LogP contribution in [0.4, 0.5) is 0 Å². The third-order valence-corrected chi connectivity index (χ3v) is 3.99. The lowest BCUT2D eigenvalue weighted by molar-refractivity contribution is 0.738. The molecule has 1 aromatic carbocycles. The van der Waals surface area contributed by atoms with Crippen LogP contribution in [0.5, 0.6) is 0 Å². The van der Waals surface area contributed by atoms with Crippen molar-refractivity contribution in [2.24, 2.45) is 0 Å². The lowest BCUT2D eigenvalue weighted by Gasteiger charge is -2.12. The van der Waals surface area contributed by atoms with Crippen LogP contribution in [0.2, 0.25) is 5.02 Å². The molecule has 108 valence electrons. The molecule has 0 saturated carbocycles. The maximum atomic E-state index is 6.30. The molecule has 1 atom stereocenters. The van der Waals surface area contributed by atoms with Gasteiger partial charge >= 0.3 is 0 Å². The summed E-state index contributed by atoms with van der Waals surface area (Å²) in [6, 6.07) is 7.77. The van der Waals surface area contributed by atoms with E-state index >= 15 is 0 Å². The van der Waals surface area contributed by atoms with Crippen LogP contribution in [0.3, 0.4) is 0 Å². The van der Waals surface area contributed by atoms with Gasteiger partial charge in [-0.3, -0.25) is 4.98 Å². The highest BCUT2D eigenvalue weighted by molar-refractivity contribution is 6.31. The second-order valence-corrected chi connectivity index (χ2v) is 6.20. The largest absolute Gasteiger partial charge is 0.322 e. The number of pyridine rings is 1. The molecule has 0 aliphatic rings. The molecule has 3 nitrogen and oxygen atoms in total. The summed E-state index contributed by atoms with van der Waals surface area (Å²) in [4.78, 5) is 8.77. The Kier molecular flexibility index (Phi) is 3.87. The molecule has 3 aromatic rings. The number of hydrogen-bond acceptors (Lipinski definition) is 2. The highest BCUT2D eigenvalue weighted by atomic mass is 35.5. The number of halogens is 2. The summed E-state index contributed by atoms with van der Waals surface area (Å²) in [5, 5.41) is 0.513. The molecule has 0 aliphatic carbocycles. The molecule has 0 fully saturated rings. The fourth-order valence-electron chi connectivity index (χ4n) is 2.44. The van der Waals surface area contributed by atoms with Gasteiger partial charge in [0.25, 0.3) is 0 Å². The first-order chi connectivity index (χ1) is 10.1. The van der Waals surface area contributed by atoms with E-state index in [0.717, 1.165) is 29.0 Å². The highest BCUT2D eigenvalue weighted by Gasteiger charge is 2.16. The van der Waals surface area contributed by atoms with E-state index in [2.05, 4.69) is 21.5 Å². The number of rotatable bonds is 3. The molecule has 21 heavy (non-hydrogen) atoms. The van der Waals surface area contributed by atoms with Gasteiger partial charge in [-0.05, 0) is 49.2 Å². The Labute approximate surface area is 133 Å². The van der Waals surface area contributed by atoms with Gasteiger partial charge in [0, 0.05) is 24.0 Å². The van der Waals surface area contributed by atoms with E-state index in [1.165, 1.54) is 5.56 Å². The number of nitrogens with zero attached hydrogens (tertiary/aromatic N) is 3. The fourth-order valence-corrected chi connectivity index (χ4v) is 2.77. The van der Waals surface area contributed by atoms with Crippen molar-refractivity contribution >= 4 is 34.2 Å². The molecule has 0 aliphatic heterocycles. The van der Waals surface area contributed by atoms with Gasteiger partial charge in [0.1, 0.15) is 5.82 Å². The van der Waals surface area contributed by atoms with E-state index in [1.807, 2.05) is 43.6 Å². The summed E-state index contributed by atoms with van der Waals surface area (Å²) in [5.74, 6) is 0.852. The number of hydrogen-bond donors (Lipinski definition) is 0. The van der Waals surface area contributed by atoms with Crippen molar-refractivity contribution in [3.8, 4) is 0 Å². The SMILES string of the molecule is Cc1cnccc1Cn1c(C(C)Cl)nc2cc(Cl)ccc21. The fraction of sp³-hybridized carbons (Fsp3) is 0.250. The molecule has 0 amide bonds. The van der Waals surface area contributed by atoms with Crippen LogP contribution in [0.15, 0.2) is 36.7 Å². The van der Waals surface area contributed by atoms with Crippen LogP contribution in [0.1, 0.15) is 29.3 Å². The molecule has 0 radical (unpaired) electrons. The van der Waals surface area contributed by atoms with Crippen molar-refractivity contribution in [1.29, 1.82) is 0 Å². The van der Waals surface area contributed by atoms with E-state index in [0.29, 0.717) is 5.02 Å². The minimum absolute atomic E-state index is 0.168. The summed E-state index contributed by atoms with van der Waals surface area (Å²) >= 11 is 12.4. The minimum Gasteiger partial charge on any atom is -0.322 e. The lowest BCUT2D eigenvalue weighted by atomic mass is 10.1. The molecule has 2 aromatic heterocycles. The zero-order valence-corrected chi connectivity index (χ0v) is 13.4. The summed E-state index contributed by atoms with van der Waals surface area (Å²) < 4.78 is 2.14. The van der Waals surface area contributed by atoms with Crippen LogP contribution < -0.4 is 0 Å². The number of aryl methyl sites for hydroxylation is 1.